The van der Waals surface area contributed by atoms with Gasteiger partial charge in [0, 0.05) is 40.8 Å². The summed E-state index contributed by atoms with van der Waals surface area (Å²) in [6, 6.07) is 10.9. The Morgan fingerprint density at radius 1 is 1.24 bits per heavy atom. The van der Waals surface area contributed by atoms with Gasteiger partial charge in [-0.15, -0.1) is 0 Å². The Morgan fingerprint density at radius 2 is 2.02 bits per heavy atom. The van der Waals surface area contributed by atoms with Crippen LogP contribution in [-0.2, 0) is 36.9 Å². The van der Waals surface area contributed by atoms with Crippen molar-refractivity contribution < 1.29 is 40.0 Å². The number of aromatic nitrogens is 1. The number of ether oxygens (including phenoxy) is 1. The first-order valence-electron chi connectivity index (χ1n) is 12.9. The molecule has 0 amide bonds. The van der Waals surface area contributed by atoms with Crippen LogP contribution < -0.4 is 9.47 Å². The van der Waals surface area contributed by atoms with E-state index in [1.54, 1.807) is 29.5 Å². The maximum absolute atomic E-state index is 12.2. The predicted molar refractivity (Wildman–Crippen MR) is 165 cm³/mol. The minimum atomic E-state index is -4.34. The fourth-order valence-electron chi connectivity index (χ4n) is 4.41. The Bertz CT molecular complexity index is 1670. The zero-order chi connectivity index (χ0) is 30.4. The average molecular weight is 673 g/mol. The number of carbonyl (C=O) groups excluding carboxylic acids is 1. The van der Waals surface area contributed by atoms with E-state index >= 15 is 0 Å². The number of allylic oxidation sites excluding steroid dienone is 2. The third-order valence-corrected chi connectivity index (χ3v) is 9.97. The molecule has 0 bridgehead atoms. The molecule has 4 rings (SSSR count). The SMILES string of the molecule is CCC(=Cc1sc2ccc(C(=O)OC)cc2[n+]1CCCOS(=O)O)C=C1Sc2ccc(Cl)cc2N1CCCS(=O)(=O)[O-]. The van der Waals surface area contributed by atoms with E-state index < -0.39 is 33.2 Å². The van der Waals surface area contributed by atoms with E-state index in [1.807, 2.05) is 40.7 Å². The number of anilines is 1. The number of thiazole rings is 1. The third-order valence-electron chi connectivity index (χ3n) is 6.36. The molecule has 1 aromatic heterocycles. The van der Waals surface area contributed by atoms with Crippen LogP contribution in [0.25, 0.3) is 16.3 Å². The Kier molecular flexibility index (Phi) is 11.2. The number of hydrogen-bond acceptors (Lipinski definition) is 10. The summed E-state index contributed by atoms with van der Waals surface area (Å²) in [5, 5.41) is 2.33. The summed E-state index contributed by atoms with van der Waals surface area (Å²) >= 11 is 6.99. The Balaban J connectivity index is 1.72. The smallest absolute Gasteiger partial charge is 0.338 e. The van der Waals surface area contributed by atoms with Crippen LogP contribution in [0.2, 0.25) is 5.02 Å². The third kappa shape index (κ3) is 8.41. The zero-order valence-corrected chi connectivity index (χ0v) is 26.8. The number of aryl methyl sites for hydroxylation is 1. The lowest BCUT2D eigenvalue weighted by atomic mass is 10.1. The van der Waals surface area contributed by atoms with Crippen molar-refractivity contribution in [3.8, 4) is 0 Å². The van der Waals surface area contributed by atoms with Gasteiger partial charge in [-0.2, -0.15) is 8.78 Å². The lowest BCUT2D eigenvalue weighted by Gasteiger charge is -2.21. The lowest BCUT2D eigenvalue weighted by Crippen LogP contribution is -2.36. The maximum atomic E-state index is 12.2. The minimum Gasteiger partial charge on any atom is -0.748 e. The van der Waals surface area contributed by atoms with Crippen molar-refractivity contribution in [3.05, 3.63) is 68.7 Å². The van der Waals surface area contributed by atoms with E-state index in [4.69, 9.17) is 25.1 Å². The fourth-order valence-corrected chi connectivity index (χ4v) is 7.61. The Hall–Kier alpha value is -2.30. The summed E-state index contributed by atoms with van der Waals surface area (Å²) in [6.45, 7) is 2.90. The number of benzene rings is 2. The predicted octanol–water partition coefficient (Wildman–Crippen LogP) is 5.35. The molecule has 0 radical (unpaired) electrons. The molecule has 0 saturated carbocycles. The van der Waals surface area contributed by atoms with Crippen LogP contribution in [0.4, 0.5) is 5.69 Å². The average Bonchev–Trinajstić information content (AvgIpc) is 3.45. The molecule has 0 aliphatic carbocycles. The van der Waals surface area contributed by atoms with Gasteiger partial charge in [-0.05, 0) is 54.8 Å². The molecule has 0 fully saturated rings. The normalized spacial score (nSPS) is 15.4. The molecule has 226 valence electrons. The zero-order valence-electron chi connectivity index (χ0n) is 22.8. The van der Waals surface area contributed by atoms with Gasteiger partial charge in [0.1, 0.15) is 4.70 Å². The van der Waals surface area contributed by atoms with Gasteiger partial charge in [0.05, 0.1) is 40.1 Å². The number of fused-ring (bicyclic) bond motifs is 2. The van der Waals surface area contributed by atoms with Crippen LogP contribution in [0, 0.1) is 0 Å². The molecule has 1 unspecified atom stereocenters. The molecule has 1 aliphatic heterocycles. The van der Waals surface area contributed by atoms with E-state index in [2.05, 4.69) is 6.08 Å². The van der Waals surface area contributed by atoms with Crippen molar-refractivity contribution in [2.45, 2.75) is 37.6 Å². The highest BCUT2D eigenvalue weighted by Crippen LogP contribution is 2.47. The van der Waals surface area contributed by atoms with Crippen LogP contribution in [0.1, 0.15) is 41.6 Å². The van der Waals surface area contributed by atoms with Crippen LogP contribution in [0.3, 0.4) is 0 Å². The number of hydrogen-bond donors (Lipinski definition) is 1. The van der Waals surface area contributed by atoms with E-state index in [-0.39, 0.29) is 13.0 Å². The van der Waals surface area contributed by atoms with Crippen molar-refractivity contribution in [1.82, 2.24) is 0 Å². The van der Waals surface area contributed by atoms with Crippen molar-refractivity contribution in [1.29, 1.82) is 0 Å². The summed E-state index contributed by atoms with van der Waals surface area (Å²) in [5.74, 6) is -0.913. The van der Waals surface area contributed by atoms with Gasteiger partial charge in [0.2, 0.25) is 5.52 Å². The van der Waals surface area contributed by atoms with Gasteiger partial charge in [-0.1, -0.05) is 41.6 Å². The quantitative estimate of drug-likeness (QED) is 0.0831. The van der Waals surface area contributed by atoms with Crippen LogP contribution in [0.15, 0.2) is 58.0 Å². The summed E-state index contributed by atoms with van der Waals surface area (Å²) < 4.78 is 66.3. The minimum absolute atomic E-state index is 0.0729. The highest BCUT2D eigenvalue weighted by Gasteiger charge is 2.26. The number of rotatable bonds is 13. The van der Waals surface area contributed by atoms with Gasteiger partial charge in [-0.25, -0.2) is 13.2 Å². The molecule has 42 heavy (non-hydrogen) atoms. The van der Waals surface area contributed by atoms with Crippen molar-refractivity contribution in [2.75, 3.05) is 30.9 Å². The molecule has 10 nitrogen and oxygen atoms in total. The van der Waals surface area contributed by atoms with Crippen molar-refractivity contribution in [3.63, 3.8) is 0 Å². The van der Waals surface area contributed by atoms with E-state index in [0.717, 1.165) is 36.4 Å². The standard InChI is InChI=1S/C27H29ClN2O8S4/c1-3-18(15-26-30(11-5-13-42(34,35)36)22-17-20(28)7-9-24(22)40-26)14-25-29(10-4-12-38-41(32)33)21-16-19(27(31)37-2)6-8-23(21)39-25/h6-9,14-17H,3-5,10-13H2,1-2H3,(H-,32,33,34,35,36). The van der Waals surface area contributed by atoms with Gasteiger partial charge in [-0.3, -0.25) is 8.74 Å². The number of methoxy groups -OCH3 is 1. The maximum Gasteiger partial charge on any atom is 0.338 e. The molecule has 2 aromatic carbocycles. The number of esters is 1. The Morgan fingerprint density at radius 3 is 2.71 bits per heavy atom. The molecule has 3 aromatic rings. The highest BCUT2D eigenvalue weighted by atomic mass is 35.5. The van der Waals surface area contributed by atoms with E-state index in [1.165, 1.54) is 18.9 Å². The summed E-state index contributed by atoms with van der Waals surface area (Å²) in [4.78, 5) is 15.2. The molecule has 0 saturated heterocycles. The van der Waals surface area contributed by atoms with E-state index in [9.17, 15) is 22.0 Å². The lowest BCUT2D eigenvalue weighted by molar-refractivity contribution is -0.669. The largest absolute Gasteiger partial charge is 0.748 e. The summed E-state index contributed by atoms with van der Waals surface area (Å²) in [6.07, 6.45) is 5.39. The fraction of sp³-hybridized carbons (Fsp3) is 0.333. The van der Waals surface area contributed by atoms with Crippen LogP contribution in [-0.4, -0.2) is 53.7 Å². The summed E-state index contributed by atoms with van der Waals surface area (Å²) in [7, 11) is -3.01. The van der Waals surface area contributed by atoms with Crippen molar-refractivity contribution in [2.24, 2.45) is 0 Å². The number of halogens is 1. The first kappa shape index (κ1) is 32.6. The molecule has 2 heterocycles. The second-order valence-electron chi connectivity index (χ2n) is 9.20. The molecule has 1 N–H and O–H groups in total. The topological polar surface area (TPSA) is 137 Å². The van der Waals surface area contributed by atoms with Gasteiger partial charge in [0.25, 0.3) is 5.01 Å². The molecule has 1 aliphatic rings. The first-order valence-corrected chi connectivity index (χ1v) is 17.5. The molecule has 1 atom stereocenters. The Labute approximate surface area is 260 Å². The van der Waals surface area contributed by atoms with Crippen molar-refractivity contribution >= 4 is 84.1 Å². The number of carbonyl (C=O) groups is 1. The molecule has 15 heteroatoms. The second kappa shape index (κ2) is 14.4. The van der Waals surface area contributed by atoms with Crippen LogP contribution in [0.5, 0.6) is 0 Å². The molecular weight excluding hydrogens is 644 g/mol. The second-order valence-corrected chi connectivity index (χ2v) is 13.9. The first-order chi connectivity index (χ1) is 20.0. The summed E-state index contributed by atoms with van der Waals surface area (Å²) in [5.41, 5.74) is 3.07. The molecule has 0 spiro atoms. The highest BCUT2D eigenvalue weighted by molar-refractivity contribution is 8.03. The van der Waals surface area contributed by atoms with Gasteiger partial charge >= 0.3 is 17.3 Å². The number of thioether (sulfide) groups is 1. The number of nitrogens with zero attached hydrogens (tertiary/aromatic N) is 2. The van der Waals surface area contributed by atoms with Gasteiger partial charge < -0.3 is 14.2 Å². The molecular formula is C27H29ClN2O8S4. The monoisotopic (exact) mass is 672 g/mol. The van der Waals surface area contributed by atoms with Gasteiger partial charge in [0.15, 0.2) is 6.54 Å². The van der Waals surface area contributed by atoms with E-state index in [0.29, 0.717) is 36.5 Å². The van der Waals surface area contributed by atoms with Crippen LogP contribution >= 0.6 is 34.7 Å².